The number of benzene rings is 1. The van der Waals surface area contributed by atoms with E-state index in [-0.39, 0.29) is 24.0 Å². The minimum atomic E-state index is 0. The van der Waals surface area contributed by atoms with Crippen molar-refractivity contribution in [2.75, 3.05) is 25.1 Å². The lowest BCUT2D eigenvalue weighted by Crippen LogP contribution is -2.22. The first-order valence-electron chi connectivity index (χ1n) is 5.76. The average Bonchev–Trinajstić information content (AvgIpc) is 2.53. The molecule has 100 valence electrons. The fourth-order valence-electron chi connectivity index (χ4n) is 1.60. The van der Waals surface area contributed by atoms with Crippen molar-refractivity contribution in [2.24, 2.45) is 10.7 Å². The molecule has 0 amide bonds. The first kappa shape index (κ1) is 14.9. The molecule has 5 nitrogen and oxygen atoms in total. The van der Waals surface area contributed by atoms with Gasteiger partial charge in [0, 0.05) is 24.7 Å². The van der Waals surface area contributed by atoms with Crippen LogP contribution in [-0.2, 0) is 0 Å². The Labute approximate surface area is 124 Å². The van der Waals surface area contributed by atoms with Gasteiger partial charge in [0.25, 0.3) is 0 Å². The zero-order chi connectivity index (χ0) is 12.1. The average molecular weight is 363 g/mol. The van der Waals surface area contributed by atoms with Crippen LogP contribution in [0.15, 0.2) is 23.2 Å². The number of guanidine groups is 1. The maximum Gasteiger partial charge on any atom is 0.193 e. The number of hydrogen-bond acceptors (Lipinski definition) is 3. The molecule has 1 aromatic rings. The van der Waals surface area contributed by atoms with Gasteiger partial charge in [-0.25, -0.2) is 0 Å². The minimum absolute atomic E-state index is 0. The van der Waals surface area contributed by atoms with E-state index in [1.54, 1.807) is 0 Å². The summed E-state index contributed by atoms with van der Waals surface area (Å²) in [5.74, 6) is 1.93. The summed E-state index contributed by atoms with van der Waals surface area (Å²) < 4.78 is 11.1. The summed E-state index contributed by atoms with van der Waals surface area (Å²) >= 11 is 0. The molecule has 3 N–H and O–H groups in total. The molecular formula is C12H18IN3O2. The lowest BCUT2D eigenvalue weighted by atomic mass is 10.3. The van der Waals surface area contributed by atoms with Crippen molar-refractivity contribution in [1.29, 1.82) is 0 Å². The third kappa shape index (κ3) is 3.94. The number of halogens is 1. The van der Waals surface area contributed by atoms with E-state index < -0.39 is 0 Å². The number of hydrogen-bond donors (Lipinski definition) is 2. The van der Waals surface area contributed by atoms with Crippen molar-refractivity contribution in [3.63, 3.8) is 0 Å². The molecule has 1 aliphatic rings. The molecule has 0 atom stereocenters. The molecule has 0 aromatic heterocycles. The summed E-state index contributed by atoms with van der Waals surface area (Å²) in [6.07, 6.45) is 0.900. The molecule has 0 bridgehead atoms. The summed E-state index contributed by atoms with van der Waals surface area (Å²) in [7, 11) is 0. The first-order valence-corrected chi connectivity index (χ1v) is 5.76. The van der Waals surface area contributed by atoms with E-state index in [0.717, 1.165) is 23.6 Å². The zero-order valence-electron chi connectivity index (χ0n) is 10.3. The first-order chi connectivity index (χ1) is 8.29. The van der Waals surface area contributed by atoms with Crippen molar-refractivity contribution >= 4 is 35.6 Å². The molecule has 0 radical (unpaired) electrons. The van der Waals surface area contributed by atoms with E-state index in [9.17, 15) is 0 Å². The van der Waals surface area contributed by atoms with Crippen molar-refractivity contribution in [1.82, 2.24) is 0 Å². The summed E-state index contributed by atoms with van der Waals surface area (Å²) in [6.45, 7) is 3.96. The van der Waals surface area contributed by atoms with Crippen LogP contribution in [0.25, 0.3) is 0 Å². The lowest BCUT2D eigenvalue weighted by Gasteiger charge is -2.10. The predicted octanol–water partition coefficient (Wildman–Crippen LogP) is 2.21. The molecule has 0 saturated heterocycles. The van der Waals surface area contributed by atoms with Crippen molar-refractivity contribution in [2.45, 2.75) is 13.3 Å². The number of anilines is 1. The van der Waals surface area contributed by atoms with Crippen molar-refractivity contribution < 1.29 is 9.47 Å². The normalized spacial score (nSPS) is 14.4. The standard InChI is InChI=1S/C12H17N3O2.HI/c1-2-14-12(13)15-9-4-5-10-11(8-9)17-7-3-6-16-10;/h4-5,8H,2-3,6-7H2,1H3,(H3,13,14,15);1H. The Hall–Kier alpha value is -1.18. The van der Waals surface area contributed by atoms with Gasteiger partial charge in [0.1, 0.15) is 0 Å². The molecular weight excluding hydrogens is 345 g/mol. The van der Waals surface area contributed by atoms with E-state index in [1.807, 2.05) is 25.1 Å². The topological polar surface area (TPSA) is 68.9 Å². The smallest absolute Gasteiger partial charge is 0.193 e. The fourth-order valence-corrected chi connectivity index (χ4v) is 1.60. The van der Waals surface area contributed by atoms with Crippen molar-refractivity contribution in [3.05, 3.63) is 18.2 Å². The molecule has 1 heterocycles. The number of fused-ring (bicyclic) bond motifs is 1. The monoisotopic (exact) mass is 363 g/mol. The number of rotatable bonds is 2. The largest absolute Gasteiger partial charge is 0.490 e. The summed E-state index contributed by atoms with van der Waals surface area (Å²) in [5, 5.41) is 3.01. The highest BCUT2D eigenvalue weighted by molar-refractivity contribution is 14.0. The van der Waals surface area contributed by atoms with Crippen LogP contribution in [0.2, 0.25) is 0 Å². The highest BCUT2D eigenvalue weighted by Gasteiger charge is 2.10. The van der Waals surface area contributed by atoms with E-state index in [1.165, 1.54) is 0 Å². The van der Waals surface area contributed by atoms with Gasteiger partial charge >= 0.3 is 0 Å². The second-order valence-corrected chi connectivity index (χ2v) is 3.70. The van der Waals surface area contributed by atoms with E-state index >= 15 is 0 Å². The van der Waals surface area contributed by atoms with Gasteiger partial charge in [-0.1, -0.05) is 0 Å². The lowest BCUT2D eigenvalue weighted by molar-refractivity contribution is 0.297. The van der Waals surface area contributed by atoms with E-state index in [4.69, 9.17) is 15.2 Å². The Balaban J connectivity index is 0.00000162. The van der Waals surface area contributed by atoms with E-state index in [0.29, 0.717) is 25.7 Å². The third-order valence-electron chi connectivity index (χ3n) is 2.35. The molecule has 18 heavy (non-hydrogen) atoms. The summed E-state index contributed by atoms with van der Waals surface area (Å²) in [6, 6.07) is 5.65. The van der Waals surface area contributed by atoms with Crippen LogP contribution in [0.1, 0.15) is 13.3 Å². The molecule has 2 rings (SSSR count). The maximum absolute atomic E-state index is 5.69. The van der Waals surface area contributed by atoms with E-state index in [2.05, 4.69) is 10.3 Å². The summed E-state index contributed by atoms with van der Waals surface area (Å²) in [5.41, 5.74) is 6.54. The van der Waals surface area contributed by atoms with Gasteiger partial charge in [-0.05, 0) is 19.1 Å². The highest BCUT2D eigenvalue weighted by Crippen LogP contribution is 2.32. The number of nitrogens with two attached hydrogens (primary N) is 1. The third-order valence-corrected chi connectivity index (χ3v) is 2.35. The fraction of sp³-hybridized carbons (Fsp3) is 0.417. The second kappa shape index (κ2) is 7.30. The maximum atomic E-state index is 5.69. The molecule has 1 aromatic carbocycles. The van der Waals surface area contributed by atoms with Gasteiger partial charge in [-0.3, -0.25) is 4.99 Å². The van der Waals surface area contributed by atoms with Gasteiger partial charge < -0.3 is 20.5 Å². The second-order valence-electron chi connectivity index (χ2n) is 3.70. The Bertz CT molecular complexity index is 424. The number of nitrogens with zero attached hydrogens (tertiary/aromatic N) is 1. The number of aliphatic imine (C=N–C) groups is 1. The van der Waals surface area contributed by atoms with Crippen LogP contribution in [0.4, 0.5) is 5.69 Å². The van der Waals surface area contributed by atoms with Crippen LogP contribution < -0.4 is 20.5 Å². The SMILES string of the molecule is CCN=C(N)Nc1ccc2c(c1)OCCCO2.I. The molecule has 0 spiro atoms. The Morgan fingerprint density at radius 3 is 2.78 bits per heavy atom. The highest BCUT2D eigenvalue weighted by atomic mass is 127. The van der Waals surface area contributed by atoms with Crippen molar-refractivity contribution in [3.8, 4) is 11.5 Å². The molecule has 0 aliphatic carbocycles. The van der Waals surface area contributed by atoms with Crippen LogP contribution in [0.5, 0.6) is 11.5 Å². The molecule has 0 fully saturated rings. The van der Waals surface area contributed by atoms with Crippen LogP contribution in [0, 0.1) is 0 Å². The Kier molecular flexibility index (Phi) is 6.03. The van der Waals surface area contributed by atoms with Gasteiger partial charge in [0.2, 0.25) is 0 Å². The number of ether oxygens (including phenoxy) is 2. The van der Waals surface area contributed by atoms with Gasteiger partial charge in [-0.2, -0.15) is 0 Å². The molecule has 0 saturated carbocycles. The van der Waals surface area contributed by atoms with Crippen LogP contribution >= 0.6 is 24.0 Å². The molecule has 1 aliphatic heterocycles. The molecule has 6 heteroatoms. The quantitative estimate of drug-likeness (QED) is 0.480. The molecule has 0 unspecified atom stereocenters. The van der Waals surface area contributed by atoms with Crippen LogP contribution in [0.3, 0.4) is 0 Å². The van der Waals surface area contributed by atoms with Gasteiger partial charge in [-0.15, -0.1) is 24.0 Å². The van der Waals surface area contributed by atoms with Gasteiger partial charge in [0.05, 0.1) is 13.2 Å². The Morgan fingerprint density at radius 2 is 2.06 bits per heavy atom. The Morgan fingerprint density at radius 1 is 1.33 bits per heavy atom. The number of nitrogens with one attached hydrogen (secondary N) is 1. The van der Waals surface area contributed by atoms with Crippen LogP contribution in [-0.4, -0.2) is 25.7 Å². The summed E-state index contributed by atoms with van der Waals surface area (Å²) in [4.78, 5) is 4.06. The predicted molar refractivity (Wildman–Crippen MR) is 83.3 cm³/mol. The zero-order valence-corrected chi connectivity index (χ0v) is 12.6. The van der Waals surface area contributed by atoms with Gasteiger partial charge in [0.15, 0.2) is 17.5 Å². The minimum Gasteiger partial charge on any atom is -0.490 e.